The Bertz CT molecular complexity index is 960. The monoisotopic (exact) mass is 390 g/mol. The molecule has 146 valence electrons. The van der Waals surface area contributed by atoms with Gasteiger partial charge in [-0.3, -0.25) is 29.8 Å². The van der Waals surface area contributed by atoms with Crippen LogP contribution in [0.15, 0.2) is 36.4 Å². The number of carbonyl (C=O) groups is 2. The number of carbonyl (C=O) groups excluding carboxylic acids is 2. The van der Waals surface area contributed by atoms with Gasteiger partial charge in [0.15, 0.2) is 0 Å². The van der Waals surface area contributed by atoms with Gasteiger partial charge < -0.3 is 20.1 Å². The number of anilines is 2. The van der Waals surface area contributed by atoms with Crippen molar-refractivity contribution in [1.29, 1.82) is 0 Å². The average molecular weight is 390 g/mol. The molecule has 0 radical (unpaired) electrons. The zero-order chi connectivity index (χ0) is 20.8. The molecular weight excluding hydrogens is 376 g/mol. The van der Waals surface area contributed by atoms with Gasteiger partial charge in [-0.25, -0.2) is 0 Å². The summed E-state index contributed by atoms with van der Waals surface area (Å²) in [5.74, 6) is -2.18. The molecule has 0 unspecified atom stereocenters. The van der Waals surface area contributed by atoms with Crippen LogP contribution in [0.3, 0.4) is 0 Å². The van der Waals surface area contributed by atoms with Gasteiger partial charge in [-0.1, -0.05) is 0 Å². The van der Waals surface area contributed by atoms with Crippen LogP contribution < -0.4 is 20.1 Å². The molecule has 0 saturated heterocycles. The highest BCUT2D eigenvalue weighted by atomic mass is 16.6. The normalized spacial score (nSPS) is 9.93. The largest absolute Gasteiger partial charge is 0.495 e. The maximum Gasteiger partial charge on any atom is 0.314 e. The minimum atomic E-state index is -1.14. The highest BCUT2D eigenvalue weighted by Gasteiger charge is 2.20. The number of nitro benzene ring substituents is 2. The Kier molecular flexibility index (Phi) is 6.06. The first-order chi connectivity index (χ1) is 13.3. The maximum atomic E-state index is 12.1. The van der Waals surface area contributed by atoms with E-state index in [1.807, 2.05) is 0 Å². The lowest BCUT2D eigenvalue weighted by Gasteiger charge is -2.11. The molecule has 0 saturated carbocycles. The molecule has 12 heteroatoms. The van der Waals surface area contributed by atoms with Crippen LogP contribution in [0.25, 0.3) is 0 Å². The fourth-order valence-corrected chi connectivity index (χ4v) is 2.16. The predicted octanol–water partition coefficient (Wildman–Crippen LogP) is 2.10. The third kappa shape index (κ3) is 4.49. The fraction of sp³-hybridized carbons (Fsp3) is 0.125. The number of rotatable bonds is 6. The smallest absolute Gasteiger partial charge is 0.314 e. The first-order valence-corrected chi connectivity index (χ1v) is 7.54. The molecule has 2 N–H and O–H groups in total. The Morgan fingerprint density at radius 3 is 1.82 bits per heavy atom. The van der Waals surface area contributed by atoms with E-state index in [0.717, 1.165) is 18.2 Å². The van der Waals surface area contributed by atoms with Crippen LogP contribution in [0.4, 0.5) is 22.7 Å². The Balaban J connectivity index is 2.20. The lowest BCUT2D eigenvalue weighted by atomic mass is 10.2. The quantitative estimate of drug-likeness (QED) is 0.430. The van der Waals surface area contributed by atoms with Gasteiger partial charge in [-0.05, 0) is 12.1 Å². The van der Waals surface area contributed by atoms with E-state index in [1.165, 1.54) is 32.4 Å². The molecule has 0 aromatic heterocycles. The lowest BCUT2D eigenvalue weighted by Crippen LogP contribution is -2.29. The maximum absolute atomic E-state index is 12.1. The molecule has 28 heavy (non-hydrogen) atoms. The molecule has 12 nitrogen and oxygen atoms in total. The molecule has 0 heterocycles. The minimum absolute atomic E-state index is 0.0247. The SMILES string of the molecule is COc1ccc([N+](=O)[O-])cc1NC(=O)C(=O)Nc1ccc([N+](=O)[O-])cc1OC. The number of benzene rings is 2. The van der Waals surface area contributed by atoms with Crippen molar-refractivity contribution in [2.75, 3.05) is 24.9 Å². The van der Waals surface area contributed by atoms with E-state index in [4.69, 9.17) is 9.47 Å². The summed E-state index contributed by atoms with van der Waals surface area (Å²) in [5, 5.41) is 26.1. The Labute approximate surface area is 157 Å². The van der Waals surface area contributed by atoms with Gasteiger partial charge >= 0.3 is 11.8 Å². The van der Waals surface area contributed by atoms with Crippen molar-refractivity contribution in [3.63, 3.8) is 0 Å². The van der Waals surface area contributed by atoms with Gasteiger partial charge in [0.1, 0.15) is 11.5 Å². The van der Waals surface area contributed by atoms with E-state index in [1.54, 1.807) is 0 Å². The average Bonchev–Trinajstić information content (AvgIpc) is 2.67. The van der Waals surface area contributed by atoms with E-state index in [0.29, 0.717) is 0 Å². The van der Waals surface area contributed by atoms with Gasteiger partial charge in [-0.2, -0.15) is 0 Å². The summed E-state index contributed by atoms with van der Waals surface area (Å²) in [4.78, 5) is 44.6. The number of ether oxygens (including phenoxy) is 2. The second-order valence-electron chi connectivity index (χ2n) is 5.19. The Morgan fingerprint density at radius 2 is 1.29 bits per heavy atom. The van der Waals surface area contributed by atoms with Crippen LogP contribution in [-0.4, -0.2) is 35.9 Å². The van der Waals surface area contributed by atoms with Crippen LogP contribution >= 0.6 is 0 Å². The number of nitro groups is 2. The highest BCUT2D eigenvalue weighted by molar-refractivity contribution is 6.44. The number of hydrogen-bond donors (Lipinski definition) is 2. The number of nitrogens with one attached hydrogen (secondary N) is 2. The topological polar surface area (TPSA) is 163 Å². The summed E-state index contributed by atoms with van der Waals surface area (Å²) >= 11 is 0. The molecule has 2 amide bonds. The Hall–Kier alpha value is -4.22. The summed E-state index contributed by atoms with van der Waals surface area (Å²) in [7, 11) is 2.53. The van der Waals surface area contributed by atoms with Crippen LogP contribution in [0, 0.1) is 20.2 Å². The number of methoxy groups -OCH3 is 2. The van der Waals surface area contributed by atoms with Crippen molar-refractivity contribution < 1.29 is 28.9 Å². The van der Waals surface area contributed by atoms with Crippen LogP contribution in [0.5, 0.6) is 11.5 Å². The van der Waals surface area contributed by atoms with Crippen LogP contribution in [0.2, 0.25) is 0 Å². The van der Waals surface area contributed by atoms with Crippen molar-refractivity contribution >= 4 is 34.6 Å². The minimum Gasteiger partial charge on any atom is -0.495 e. The molecule has 2 aromatic rings. The molecule has 0 bridgehead atoms. The molecule has 0 aliphatic carbocycles. The standard InChI is InChI=1S/C16H14N4O8/c1-27-13-6-4-9(19(23)24)7-12(13)18-16(22)15(21)17-11-5-3-10(20(25)26)8-14(11)28-2/h3-8H,1-2H3,(H,17,21)(H,18,22). The van der Waals surface area contributed by atoms with E-state index in [9.17, 15) is 29.8 Å². The van der Waals surface area contributed by atoms with Crippen molar-refractivity contribution in [3.8, 4) is 11.5 Å². The molecule has 0 atom stereocenters. The van der Waals surface area contributed by atoms with Gasteiger partial charge in [-0.15, -0.1) is 0 Å². The van der Waals surface area contributed by atoms with E-state index < -0.39 is 21.7 Å². The summed E-state index contributed by atoms with van der Waals surface area (Å²) < 4.78 is 9.97. The zero-order valence-electron chi connectivity index (χ0n) is 14.6. The molecule has 2 aromatic carbocycles. The summed E-state index contributed by atoms with van der Waals surface area (Å²) in [6.07, 6.45) is 0. The first kappa shape index (κ1) is 20.1. The van der Waals surface area contributed by atoms with Gasteiger partial charge in [0.2, 0.25) is 0 Å². The lowest BCUT2D eigenvalue weighted by molar-refractivity contribution is -0.385. The number of non-ortho nitro benzene ring substituents is 2. The first-order valence-electron chi connectivity index (χ1n) is 7.54. The van der Waals surface area contributed by atoms with Gasteiger partial charge in [0.05, 0.1) is 41.5 Å². The molecule has 0 fully saturated rings. The van der Waals surface area contributed by atoms with Crippen LogP contribution in [-0.2, 0) is 9.59 Å². The second kappa shape index (κ2) is 8.44. The van der Waals surface area contributed by atoms with Gasteiger partial charge in [0.25, 0.3) is 11.4 Å². The summed E-state index contributed by atoms with van der Waals surface area (Å²) in [6.45, 7) is 0. The van der Waals surface area contributed by atoms with Crippen molar-refractivity contribution in [2.24, 2.45) is 0 Å². The summed E-state index contributed by atoms with van der Waals surface area (Å²) in [5.41, 5.74) is -0.624. The number of hydrogen-bond acceptors (Lipinski definition) is 8. The third-order valence-electron chi connectivity index (χ3n) is 3.49. The van der Waals surface area contributed by atoms with Crippen molar-refractivity contribution in [2.45, 2.75) is 0 Å². The van der Waals surface area contributed by atoms with E-state index >= 15 is 0 Å². The fourth-order valence-electron chi connectivity index (χ4n) is 2.16. The predicted molar refractivity (Wildman–Crippen MR) is 96.6 cm³/mol. The van der Waals surface area contributed by atoms with Gasteiger partial charge in [0, 0.05) is 18.2 Å². The molecule has 0 aliphatic heterocycles. The second-order valence-corrected chi connectivity index (χ2v) is 5.19. The van der Waals surface area contributed by atoms with Crippen molar-refractivity contribution in [1.82, 2.24) is 0 Å². The van der Waals surface area contributed by atoms with Crippen LogP contribution in [0.1, 0.15) is 0 Å². The zero-order valence-corrected chi connectivity index (χ0v) is 14.6. The molecule has 2 rings (SSSR count). The Morgan fingerprint density at radius 1 is 0.786 bits per heavy atom. The summed E-state index contributed by atoms with van der Waals surface area (Å²) in [6, 6.07) is 6.89. The number of amides is 2. The highest BCUT2D eigenvalue weighted by Crippen LogP contribution is 2.30. The van der Waals surface area contributed by atoms with E-state index in [2.05, 4.69) is 10.6 Å². The molecule has 0 aliphatic rings. The van der Waals surface area contributed by atoms with Crippen molar-refractivity contribution in [3.05, 3.63) is 56.6 Å². The number of nitrogens with zero attached hydrogens (tertiary/aromatic N) is 2. The third-order valence-corrected chi connectivity index (χ3v) is 3.49. The molecule has 0 spiro atoms. The van der Waals surface area contributed by atoms with E-state index in [-0.39, 0.29) is 34.2 Å². The molecular formula is C16H14N4O8.